The highest BCUT2D eigenvalue weighted by atomic mass is 79.9. The van der Waals surface area contributed by atoms with Gasteiger partial charge in [0.05, 0.1) is 5.56 Å². The molecule has 0 bridgehead atoms. The molecule has 0 saturated heterocycles. The second kappa shape index (κ2) is 5.53. The summed E-state index contributed by atoms with van der Waals surface area (Å²) in [7, 11) is 0. The monoisotopic (exact) mass is 327 g/mol. The number of H-pyrrole nitrogens is 1. The fourth-order valence-electron chi connectivity index (χ4n) is 1.33. The minimum absolute atomic E-state index is 0.268. The molecular weight excluding hydrogens is 318 g/mol. The number of carbonyl (C=O) groups is 1. The fourth-order valence-corrected chi connectivity index (χ4v) is 2.88. The van der Waals surface area contributed by atoms with E-state index in [-0.39, 0.29) is 5.56 Å². The van der Waals surface area contributed by atoms with Crippen molar-refractivity contribution in [1.29, 1.82) is 0 Å². The standard InChI is InChI=1S/C11H10BrN3O2S/c1-6-13-11(15-14-6)18-5-8-3-2-7(10(16)17)4-9(8)12/h2-4H,5H2,1H3,(H,16,17)(H,13,14,15). The van der Waals surface area contributed by atoms with Crippen molar-refractivity contribution < 1.29 is 9.90 Å². The van der Waals surface area contributed by atoms with Crippen molar-refractivity contribution in [2.45, 2.75) is 17.8 Å². The Kier molecular flexibility index (Phi) is 4.03. The van der Waals surface area contributed by atoms with Crippen LogP contribution in [0.3, 0.4) is 0 Å². The summed E-state index contributed by atoms with van der Waals surface area (Å²) in [6.45, 7) is 1.84. The number of aromatic amines is 1. The maximum atomic E-state index is 10.8. The van der Waals surface area contributed by atoms with E-state index in [1.165, 1.54) is 11.8 Å². The van der Waals surface area contributed by atoms with E-state index in [1.807, 2.05) is 6.92 Å². The molecular formula is C11H10BrN3O2S. The maximum Gasteiger partial charge on any atom is 0.335 e. The van der Waals surface area contributed by atoms with Crippen molar-refractivity contribution >= 4 is 33.7 Å². The zero-order chi connectivity index (χ0) is 13.1. The summed E-state index contributed by atoms with van der Waals surface area (Å²) in [5.41, 5.74) is 1.27. The van der Waals surface area contributed by atoms with Gasteiger partial charge in [-0.3, -0.25) is 5.10 Å². The zero-order valence-electron chi connectivity index (χ0n) is 9.48. The van der Waals surface area contributed by atoms with Gasteiger partial charge in [-0.05, 0) is 24.6 Å². The van der Waals surface area contributed by atoms with E-state index < -0.39 is 5.97 Å². The van der Waals surface area contributed by atoms with E-state index in [0.717, 1.165) is 15.9 Å². The molecule has 7 heteroatoms. The second-order valence-corrected chi connectivity index (χ2v) is 5.40. The lowest BCUT2D eigenvalue weighted by atomic mass is 10.1. The molecule has 0 unspecified atom stereocenters. The first-order chi connectivity index (χ1) is 8.56. The quantitative estimate of drug-likeness (QED) is 0.844. The van der Waals surface area contributed by atoms with E-state index in [9.17, 15) is 4.79 Å². The molecule has 0 spiro atoms. The molecule has 1 heterocycles. The molecule has 0 aliphatic rings. The number of hydrogen-bond acceptors (Lipinski definition) is 4. The third kappa shape index (κ3) is 3.11. The van der Waals surface area contributed by atoms with Crippen molar-refractivity contribution in [3.8, 4) is 0 Å². The molecule has 5 nitrogen and oxygen atoms in total. The van der Waals surface area contributed by atoms with Crippen LogP contribution >= 0.6 is 27.7 Å². The van der Waals surface area contributed by atoms with E-state index in [4.69, 9.17) is 5.11 Å². The molecule has 18 heavy (non-hydrogen) atoms. The number of nitrogens with zero attached hydrogens (tertiary/aromatic N) is 2. The predicted molar refractivity (Wildman–Crippen MR) is 71.8 cm³/mol. The molecule has 0 saturated carbocycles. The number of benzene rings is 1. The van der Waals surface area contributed by atoms with Crippen molar-refractivity contribution in [2.24, 2.45) is 0 Å². The minimum Gasteiger partial charge on any atom is -0.478 e. The third-order valence-electron chi connectivity index (χ3n) is 2.23. The van der Waals surface area contributed by atoms with Gasteiger partial charge in [-0.25, -0.2) is 9.78 Å². The van der Waals surface area contributed by atoms with Crippen LogP contribution in [0.1, 0.15) is 21.7 Å². The molecule has 0 aliphatic heterocycles. The number of hydrogen-bond donors (Lipinski definition) is 2. The van der Waals surface area contributed by atoms with Gasteiger partial charge in [-0.2, -0.15) is 0 Å². The Labute approximate surface area is 116 Å². The molecule has 2 rings (SSSR count). The Morgan fingerprint density at radius 2 is 2.33 bits per heavy atom. The van der Waals surface area contributed by atoms with Gasteiger partial charge in [0.15, 0.2) is 0 Å². The van der Waals surface area contributed by atoms with Gasteiger partial charge in [0.1, 0.15) is 5.82 Å². The fraction of sp³-hybridized carbons (Fsp3) is 0.182. The number of carboxylic acid groups (broad SMARTS) is 1. The Morgan fingerprint density at radius 3 is 2.89 bits per heavy atom. The van der Waals surface area contributed by atoms with Gasteiger partial charge in [0, 0.05) is 10.2 Å². The second-order valence-electron chi connectivity index (χ2n) is 3.60. The Hall–Kier alpha value is -1.34. The number of aromatic nitrogens is 3. The SMILES string of the molecule is Cc1nc(SCc2ccc(C(=O)O)cc2Br)n[nH]1. The number of nitrogens with one attached hydrogen (secondary N) is 1. The number of aromatic carboxylic acids is 1. The summed E-state index contributed by atoms with van der Waals surface area (Å²) in [6, 6.07) is 4.98. The van der Waals surface area contributed by atoms with E-state index in [2.05, 4.69) is 31.1 Å². The van der Waals surface area contributed by atoms with Gasteiger partial charge < -0.3 is 5.11 Å². The first-order valence-electron chi connectivity index (χ1n) is 5.10. The number of rotatable bonds is 4. The van der Waals surface area contributed by atoms with Gasteiger partial charge in [-0.1, -0.05) is 33.8 Å². The Bertz CT molecular complexity index is 585. The topological polar surface area (TPSA) is 78.9 Å². The number of aryl methyl sites for hydroxylation is 1. The van der Waals surface area contributed by atoms with Crippen molar-refractivity contribution in [3.63, 3.8) is 0 Å². The lowest BCUT2D eigenvalue weighted by molar-refractivity contribution is 0.0697. The highest BCUT2D eigenvalue weighted by molar-refractivity contribution is 9.10. The highest BCUT2D eigenvalue weighted by Crippen LogP contribution is 2.25. The maximum absolute atomic E-state index is 10.8. The van der Waals surface area contributed by atoms with Gasteiger partial charge in [0.2, 0.25) is 5.16 Å². The van der Waals surface area contributed by atoms with E-state index in [1.54, 1.807) is 18.2 Å². The van der Waals surface area contributed by atoms with Crippen molar-refractivity contribution in [2.75, 3.05) is 0 Å². The summed E-state index contributed by atoms with van der Waals surface area (Å²) in [6.07, 6.45) is 0. The average molecular weight is 328 g/mol. The molecule has 1 aromatic carbocycles. The van der Waals surface area contributed by atoms with Gasteiger partial charge in [-0.15, -0.1) is 5.10 Å². The predicted octanol–water partition coefficient (Wildman–Crippen LogP) is 2.87. The summed E-state index contributed by atoms with van der Waals surface area (Å²) in [4.78, 5) is 15.0. The van der Waals surface area contributed by atoms with Crippen LogP contribution in [-0.2, 0) is 5.75 Å². The first-order valence-corrected chi connectivity index (χ1v) is 6.87. The molecule has 0 aliphatic carbocycles. The largest absolute Gasteiger partial charge is 0.478 e. The van der Waals surface area contributed by atoms with E-state index >= 15 is 0 Å². The number of thioether (sulfide) groups is 1. The van der Waals surface area contributed by atoms with Crippen molar-refractivity contribution in [3.05, 3.63) is 39.6 Å². The van der Waals surface area contributed by atoms with Gasteiger partial charge >= 0.3 is 5.97 Å². The molecule has 0 fully saturated rings. The van der Waals surface area contributed by atoms with Crippen LogP contribution in [0.25, 0.3) is 0 Å². The first kappa shape index (κ1) is 13.1. The summed E-state index contributed by atoms with van der Waals surface area (Å²) >= 11 is 4.86. The lowest BCUT2D eigenvalue weighted by Gasteiger charge is -2.03. The molecule has 2 aromatic rings. The van der Waals surface area contributed by atoms with Crippen LogP contribution in [0, 0.1) is 6.92 Å². The van der Waals surface area contributed by atoms with Crippen LogP contribution in [0.5, 0.6) is 0 Å². The molecule has 0 radical (unpaired) electrons. The van der Waals surface area contributed by atoms with Crippen LogP contribution < -0.4 is 0 Å². The third-order valence-corrected chi connectivity index (χ3v) is 3.87. The number of carboxylic acids is 1. The molecule has 2 N–H and O–H groups in total. The molecule has 94 valence electrons. The Balaban J connectivity index is 2.08. The number of halogens is 1. The molecule has 0 amide bonds. The van der Waals surface area contributed by atoms with E-state index in [0.29, 0.717) is 10.9 Å². The van der Waals surface area contributed by atoms with Crippen LogP contribution in [0.4, 0.5) is 0 Å². The summed E-state index contributed by atoms with van der Waals surface area (Å²) in [5, 5.41) is 16.3. The van der Waals surface area contributed by atoms with Crippen LogP contribution in [0.15, 0.2) is 27.8 Å². The van der Waals surface area contributed by atoms with Crippen LogP contribution in [-0.4, -0.2) is 26.3 Å². The lowest BCUT2D eigenvalue weighted by Crippen LogP contribution is -1.96. The minimum atomic E-state index is -0.931. The summed E-state index contributed by atoms with van der Waals surface area (Å²) < 4.78 is 0.780. The molecule has 1 aromatic heterocycles. The molecule has 0 atom stereocenters. The normalized spacial score (nSPS) is 10.6. The smallest absolute Gasteiger partial charge is 0.335 e. The van der Waals surface area contributed by atoms with Crippen molar-refractivity contribution in [1.82, 2.24) is 15.2 Å². The zero-order valence-corrected chi connectivity index (χ0v) is 11.9. The summed E-state index contributed by atoms with van der Waals surface area (Å²) in [5.74, 6) is 0.523. The van der Waals surface area contributed by atoms with Crippen LogP contribution in [0.2, 0.25) is 0 Å². The Morgan fingerprint density at radius 1 is 1.56 bits per heavy atom. The average Bonchev–Trinajstić information content (AvgIpc) is 2.73. The van der Waals surface area contributed by atoms with Gasteiger partial charge in [0.25, 0.3) is 0 Å². The highest BCUT2D eigenvalue weighted by Gasteiger charge is 2.08.